The van der Waals surface area contributed by atoms with Crippen LogP contribution in [0.25, 0.3) is 27.8 Å². The molecule has 1 aromatic carbocycles. The van der Waals surface area contributed by atoms with E-state index in [0.29, 0.717) is 36.6 Å². The zero-order valence-electron chi connectivity index (χ0n) is 19.1. The Morgan fingerprint density at radius 3 is 2.76 bits per heavy atom. The summed E-state index contributed by atoms with van der Waals surface area (Å²) in [5.41, 5.74) is 4.06. The summed E-state index contributed by atoms with van der Waals surface area (Å²) in [6, 6.07) is 6.73. The Labute approximate surface area is 196 Å². The lowest BCUT2D eigenvalue weighted by Crippen LogP contribution is -2.45. The number of aromatic amines is 1. The number of benzene rings is 1. The number of aliphatic hydroxyl groups excluding tert-OH is 2. The van der Waals surface area contributed by atoms with Gasteiger partial charge in [0, 0.05) is 43.5 Å². The van der Waals surface area contributed by atoms with E-state index in [1.165, 1.54) is 38.4 Å². The fourth-order valence-corrected chi connectivity index (χ4v) is 5.72. The first-order valence-corrected chi connectivity index (χ1v) is 12.2. The molecule has 2 aliphatic rings. The smallest absolute Gasteiger partial charge is 0.262 e. The molecule has 1 saturated heterocycles. The number of fused-ring (bicyclic) bond motifs is 2. The quantitative estimate of drug-likeness (QED) is 0.430. The molecule has 3 N–H and O–H groups in total. The van der Waals surface area contributed by atoms with Gasteiger partial charge in [-0.25, -0.2) is 9.97 Å². The minimum absolute atomic E-state index is 0.0353. The maximum atomic E-state index is 12.8. The molecule has 34 heavy (non-hydrogen) atoms. The van der Waals surface area contributed by atoms with Crippen LogP contribution in [0, 0.1) is 5.92 Å². The summed E-state index contributed by atoms with van der Waals surface area (Å²) < 4.78 is 4.25. The highest BCUT2D eigenvalue weighted by atomic mass is 16.3. The number of rotatable bonds is 4. The van der Waals surface area contributed by atoms with Gasteiger partial charge in [0.15, 0.2) is 5.65 Å². The molecule has 0 spiro atoms. The molecule has 4 heterocycles. The molecule has 178 valence electrons. The zero-order valence-corrected chi connectivity index (χ0v) is 19.1. The molecule has 0 amide bonds. The number of anilines is 1. The van der Waals surface area contributed by atoms with Crippen molar-refractivity contribution in [3.8, 4) is 5.69 Å². The topological polar surface area (TPSA) is 112 Å². The lowest BCUT2D eigenvalue weighted by Gasteiger charge is -2.36. The highest BCUT2D eigenvalue weighted by Crippen LogP contribution is 2.34. The van der Waals surface area contributed by atoms with Crippen molar-refractivity contribution < 1.29 is 10.2 Å². The lowest BCUT2D eigenvalue weighted by atomic mass is 9.94. The van der Waals surface area contributed by atoms with Crippen molar-refractivity contribution in [2.75, 3.05) is 24.6 Å². The molecule has 2 atom stereocenters. The minimum atomic E-state index is -0.645. The number of aliphatic hydroxyl groups is 2. The van der Waals surface area contributed by atoms with E-state index in [1.807, 2.05) is 28.1 Å². The summed E-state index contributed by atoms with van der Waals surface area (Å²) in [5.74, 6) is -0.136. The van der Waals surface area contributed by atoms with Gasteiger partial charge in [-0.15, -0.1) is 0 Å². The predicted octanol–water partition coefficient (Wildman–Crippen LogP) is 2.75. The molecular weight excluding hydrogens is 432 g/mol. The third-order valence-corrected chi connectivity index (χ3v) is 7.67. The molecule has 1 saturated carbocycles. The van der Waals surface area contributed by atoms with Gasteiger partial charge < -0.3 is 24.7 Å². The van der Waals surface area contributed by atoms with Crippen molar-refractivity contribution in [3.05, 3.63) is 47.4 Å². The Balaban J connectivity index is 1.41. The van der Waals surface area contributed by atoms with E-state index in [2.05, 4.69) is 26.7 Å². The Bertz CT molecular complexity index is 1380. The van der Waals surface area contributed by atoms with Crippen molar-refractivity contribution in [2.24, 2.45) is 5.92 Å². The molecule has 2 fully saturated rings. The van der Waals surface area contributed by atoms with Crippen LogP contribution < -0.4 is 10.5 Å². The van der Waals surface area contributed by atoms with Crippen LogP contribution in [-0.4, -0.2) is 60.1 Å². The molecular formula is C25H30N6O3. The Morgan fingerprint density at radius 1 is 1.12 bits per heavy atom. The summed E-state index contributed by atoms with van der Waals surface area (Å²) in [6.07, 6.45) is 11.6. The largest absolute Gasteiger partial charge is 0.396 e. The molecule has 9 heteroatoms. The molecule has 6 rings (SSSR count). The van der Waals surface area contributed by atoms with Crippen LogP contribution in [0.1, 0.15) is 44.6 Å². The SMILES string of the molecule is O=c1[nH]cnc2c1c(N1CC[C@H](CO)[C@@H](O)C1)cn2-c1ccc2c(c1)ncn2C1CCCCC1. The number of imidazole rings is 1. The second-order valence-corrected chi connectivity index (χ2v) is 9.68. The van der Waals surface area contributed by atoms with E-state index < -0.39 is 6.10 Å². The van der Waals surface area contributed by atoms with Crippen LogP contribution in [0.5, 0.6) is 0 Å². The number of β-amino-alcohol motifs (C(OH)–C–C–N with tert-alkyl or cyclic N) is 1. The molecule has 1 aliphatic carbocycles. The van der Waals surface area contributed by atoms with Crippen LogP contribution in [0.2, 0.25) is 0 Å². The number of nitrogens with one attached hydrogen (secondary N) is 1. The van der Waals surface area contributed by atoms with Gasteiger partial charge in [0.25, 0.3) is 5.56 Å². The summed E-state index contributed by atoms with van der Waals surface area (Å²) in [4.78, 5) is 26.7. The first-order chi connectivity index (χ1) is 16.6. The highest BCUT2D eigenvalue weighted by molar-refractivity contribution is 5.92. The van der Waals surface area contributed by atoms with Gasteiger partial charge in [0.05, 0.1) is 35.5 Å². The van der Waals surface area contributed by atoms with Crippen molar-refractivity contribution in [2.45, 2.75) is 50.7 Å². The maximum absolute atomic E-state index is 12.8. The minimum Gasteiger partial charge on any atom is -0.396 e. The summed E-state index contributed by atoms with van der Waals surface area (Å²) >= 11 is 0. The summed E-state index contributed by atoms with van der Waals surface area (Å²) in [6.45, 7) is 0.983. The van der Waals surface area contributed by atoms with Crippen LogP contribution in [0.3, 0.4) is 0 Å². The average Bonchev–Trinajstić information content (AvgIpc) is 3.47. The number of aromatic nitrogens is 5. The second-order valence-electron chi connectivity index (χ2n) is 9.68. The van der Waals surface area contributed by atoms with Gasteiger partial charge in [-0.1, -0.05) is 19.3 Å². The summed E-state index contributed by atoms with van der Waals surface area (Å²) in [5, 5.41) is 20.5. The first-order valence-electron chi connectivity index (χ1n) is 12.2. The van der Waals surface area contributed by atoms with Gasteiger partial charge in [-0.05, 0) is 37.5 Å². The number of hydrogen-bond acceptors (Lipinski definition) is 6. The van der Waals surface area contributed by atoms with Gasteiger partial charge in [-0.3, -0.25) is 9.36 Å². The van der Waals surface area contributed by atoms with E-state index >= 15 is 0 Å². The van der Waals surface area contributed by atoms with E-state index in [4.69, 9.17) is 4.98 Å². The normalized spacial score (nSPS) is 22.1. The van der Waals surface area contributed by atoms with Crippen molar-refractivity contribution in [3.63, 3.8) is 0 Å². The maximum Gasteiger partial charge on any atom is 0.262 e. The molecule has 0 radical (unpaired) electrons. The number of hydrogen-bond donors (Lipinski definition) is 3. The van der Waals surface area contributed by atoms with E-state index in [1.54, 1.807) is 0 Å². The van der Waals surface area contributed by atoms with Crippen LogP contribution in [0.15, 0.2) is 41.8 Å². The first kappa shape index (κ1) is 21.4. The third-order valence-electron chi connectivity index (χ3n) is 7.67. The van der Waals surface area contributed by atoms with Crippen molar-refractivity contribution >= 4 is 27.8 Å². The molecule has 0 bridgehead atoms. The molecule has 9 nitrogen and oxygen atoms in total. The predicted molar refractivity (Wildman–Crippen MR) is 131 cm³/mol. The summed E-state index contributed by atoms with van der Waals surface area (Å²) in [7, 11) is 0. The monoisotopic (exact) mass is 462 g/mol. The fraction of sp³-hybridized carbons (Fsp3) is 0.480. The van der Waals surface area contributed by atoms with Crippen molar-refractivity contribution in [1.29, 1.82) is 0 Å². The number of piperidine rings is 1. The molecule has 1 aliphatic heterocycles. The van der Waals surface area contributed by atoms with Crippen LogP contribution in [-0.2, 0) is 0 Å². The standard InChI is InChI=1S/C25H30N6O3/c32-13-16-8-9-29(12-22(16)33)21-11-30(24-23(21)25(34)27-14-26-24)18-6-7-20-19(10-18)28-15-31(20)17-4-2-1-3-5-17/h6-7,10-11,14-17,22,32-33H,1-5,8-9,12-13H2,(H,26,27,34)/t16-,22+/m1/s1. The highest BCUT2D eigenvalue weighted by Gasteiger charge is 2.30. The van der Waals surface area contributed by atoms with Crippen molar-refractivity contribution in [1.82, 2.24) is 24.1 Å². The van der Waals surface area contributed by atoms with E-state index in [-0.39, 0.29) is 18.1 Å². The van der Waals surface area contributed by atoms with Crippen LogP contribution in [0.4, 0.5) is 5.69 Å². The fourth-order valence-electron chi connectivity index (χ4n) is 5.72. The number of H-pyrrole nitrogens is 1. The van der Waals surface area contributed by atoms with Gasteiger partial charge in [0.1, 0.15) is 5.39 Å². The molecule has 4 aromatic rings. The molecule has 3 aromatic heterocycles. The zero-order chi connectivity index (χ0) is 23.2. The van der Waals surface area contributed by atoms with E-state index in [0.717, 1.165) is 22.4 Å². The number of nitrogens with zero attached hydrogens (tertiary/aromatic N) is 5. The van der Waals surface area contributed by atoms with Gasteiger partial charge in [0.2, 0.25) is 0 Å². The third kappa shape index (κ3) is 3.50. The molecule has 0 unspecified atom stereocenters. The average molecular weight is 463 g/mol. The Hall–Kier alpha value is -3.17. The lowest BCUT2D eigenvalue weighted by molar-refractivity contribution is 0.0549. The Kier molecular flexibility index (Phi) is 5.38. The second kappa shape index (κ2) is 8.56. The van der Waals surface area contributed by atoms with Crippen LogP contribution >= 0.6 is 0 Å². The van der Waals surface area contributed by atoms with E-state index in [9.17, 15) is 15.0 Å². The van der Waals surface area contributed by atoms with Gasteiger partial charge >= 0.3 is 0 Å². The Morgan fingerprint density at radius 2 is 1.97 bits per heavy atom. The van der Waals surface area contributed by atoms with Gasteiger partial charge in [-0.2, -0.15) is 0 Å².